The van der Waals surface area contributed by atoms with Crippen molar-refractivity contribution in [2.45, 2.75) is 23.6 Å². The van der Waals surface area contributed by atoms with Crippen LogP contribution in [0.5, 0.6) is 5.75 Å². The highest BCUT2D eigenvalue weighted by molar-refractivity contribution is 7.99. The number of hydrogen-bond acceptors (Lipinski definition) is 3. The quantitative estimate of drug-likeness (QED) is 0.304. The molecule has 130 valence electrons. The summed E-state index contributed by atoms with van der Waals surface area (Å²) in [6, 6.07) is 24.4. The molecule has 3 heteroatoms. The van der Waals surface area contributed by atoms with Gasteiger partial charge in [-0.3, -0.25) is 0 Å². The molecule has 0 amide bonds. The SMILES string of the molecule is C/C=C/C(=O)Oc1ccc(Sc2ccccc2-c2ccccc2C)cc1. The number of esters is 1. The van der Waals surface area contributed by atoms with E-state index in [-0.39, 0.29) is 5.97 Å². The molecule has 3 rings (SSSR count). The number of ether oxygens (including phenoxy) is 1. The molecule has 0 unspecified atom stereocenters. The fourth-order valence-electron chi connectivity index (χ4n) is 2.64. The third-order valence-electron chi connectivity index (χ3n) is 3.90. The maximum absolute atomic E-state index is 11.5. The maximum Gasteiger partial charge on any atom is 0.335 e. The van der Waals surface area contributed by atoms with Crippen molar-refractivity contribution in [2.75, 3.05) is 0 Å². The normalized spacial score (nSPS) is 10.8. The van der Waals surface area contributed by atoms with Gasteiger partial charge in [-0.25, -0.2) is 4.79 Å². The molecule has 0 heterocycles. The van der Waals surface area contributed by atoms with E-state index in [9.17, 15) is 4.79 Å². The molecule has 0 radical (unpaired) electrons. The van der Waals surface area contributed by atoms with E-state index in [0.717, 1.165) is 4.90 Å². The van der Waals surface area contributed by atoms with Gasteiger partial charge >= 0.3 is 5.97 Å². The van der Waals surface area contributed by atoms with E-state index in [0.29, 0.717) is 5.75 Å². The molecule has 3 aromatic carbocycles. The van der Waals surface area contributed by atoms with Crippen LogP contribution in [0.3, 0.4) is 0 Å². The van der Waals surface area contributed by atoms with Crippen LogP contribution in [0, 0.1) is 6.92 Å². The molecule has 0 atom stereocenters. The second-order valence-electron chi connectivity index (χ2n) is 5.81. The van der Waals surface area contributed by atoms with E-state index in [1.807, 2.05) is 24.3 Å². The molecule has 0 aliphatic heterocycles. The van der Waals surface area contributed by atoms with Crippen LogP contribution in [0.15, 0.2) is 94.7 Å². The van der Waals surface area contributed by atoms with Gasteiger partial charge in [-0.15, -0.1) is 0 Å². The first kappa shape index (κ1) is 18.0. The van der Waals surface area contributed by atoms with Crippen LogP contribution in [0.25, 0.3) is 11.1 Å². The Morgan fingerprint density at radius 3 is 2.23 bits per heavy atom. The standard InChI is InChI=1S/C23H20O2S/c1-3-8-23(24)25-18-13-15-19(16-14-18)26-22-12-7-6-11-21(22)20-10-5-4-9-17(20)2/h3-16H,1-2H3/b8-3+. The lowest BCUT2D eigenvalue weighted by Gasteiger charge is -2.12. The summed E-state index contributed by atoms with van der Waals surface area (Å²) in [5, 5.41) is 0. The van der Waals surface area contributed by atoms with Crippen molar-refractivity contribution in [1.29, 1.82) is 0 Å². The average Bonchev–Trinajstić information content (AvgIpc) is 2.65. The summed E-state index contributed by atoms with van der Waals surface area (Å²) in [5.41, 5.74) is 3.72. The molecule has 0 saturated carbocycles. The number of rotatable bonds is 5. The topological polar surface area (TPSA) is 26.3 Å². The molecule has 0 saturated heterocycles. The highest BCUT2D eigenvalue weighted by atomic mass is 32.2. The van der Waals surface area contributed by atoms with Gasteiger partial charge in [0.1, 0.15) is 5.75 Å². The Labute approximate surface area is 158 Å². The zero-order valence-electron chi connectivity index (χ0n) is 14.8. The van der Waals surface area contributed by atoms with E-state index < -0.39 is 0 Å². The number of carbonyl (C=O) groups excluding carboxylic acids is 1. The molecule has 0 aliphatic rings. The van der Waals surface area contributed by atoms with E-state index in [1.54, 1.807) is 24.8 Å². The molecule has 0 N–H and O–H groups in total. The molecule has 26 heavy (non-hydrogen) atoms. The number of allylic oxidation sites excluding steroid dienone is 1. The molecule has 0 fully saturated rings. The highest BCUT2D eigenvalue weighted by Gasteiger charge is 2.09. The van der Waals surface area contributed by atoms with E-state index in [2.05, 4.69) is 55.5 Å². The lowest BCUT2D eigenvalue weighted by atomic mass is 10.0. The third kappa shape index (κ3) is 4.44. The Morgan fingerprint density at radius 1 is 0.885 bits per heavy atom. The van der Waals surface area contributed by atoms with Gasteiger partial charge in [0, 0.05) is 15.9 Å². The minimum Gasteiger partial charge on any atom is -0.423 e. The van der Waals surface area contributed by atoms with Crippen LogP contribution in [0.4, 0.5) is 0 Å². The van der Waals surface area contributed by atoms with Crippen molar-refractivity contribution in [2.24, 2.45) is 0 Å². The number of carbonyl (C=O) groups is 1. The van der Waals surface area contributed by atoms with Gasteiger partial charge in [-0.05, 0) is 60.9 Å². The minimum absolute atomic E-state index is 0.363. The smallest absolute Gasteiger partial charge is 0.335 e. The zero-order valence-corrected chi connectivity index (χ0v) is 15.6. The molecule has 3 aromatic rings. The number of aryl methyl sites for hydroxylation is 1. The molecule has 0 bridgehead atoms. The first-order valence-corrected chi connectivity index (χ1v) is 9.26. The number of benzene rings is 3. The maximum atomic E-state index is 11.5. The summed E-state index contributed by atoms with van der Waals surface area (Å²) in [6.07, 6.45) is 3.07. The Bertz CT molecular complexity index is 927. The van der Waals surface area contributed by atoms with Crippen molar-refractivity contribution < 1.29 is 9.53 Å². The molecule has 0 spiro atoms. The molecular formula is C23H20O2S. The largest absolute Gasteiger partial charge is 0.423 e. The monoisotopic (exact) mass is 360 g/mol. The fourth-order valence-corrected chi connectivity index (χ4v) is 3.60. The van der Waals surface area contributed by atoms with Gasteiger partial charge in [-0.2, -0.15) is 0 Å². The lowest BCUT2D eigenvalue weighted by molar-refractivity contribution is -0.129. The third-order valence-corrected chi connectivity index (χ3v) is 4.98. The van der Waals surface area contributed by atoms with Crippen LogP contribution in [-0.2, 0) is 4.79 Å². The minimum atomic E-state index is -0.363. The van der Waals surface area contributed by atoms with Crippen molar-refractivity contribution in [3.05, 3.63) is 90.5 Å². The van der Waals surface area contributed by atoms with Gasteiger partial charge in [0.05, 0.1) is 0 Å². The van der Waals surface area contributed by atoms with E-state index in [4.69, 9.17) is 4.74 Å². The molecular weight excluding hydrogens is 340 g/mol. The predicted octanol–water partition coefficient (Wildman–Crippen LogP) is 6.29. The average molecular weight is 360 g/mol. The second kappa shape index (κ2) is 8.54. The fraction of sp³-hybridized carbons (Fsp3) is 0.0870. The van der Waals surface area contributed by atoms with Crippen LogP contribution in [-0.4, -0.2) is 5.97 Å². The first-order valence-electron chi connectivity index (χ1n) is 8.45. The zero-order chi connectivity index (χ0) is 18.4. The van der Waals surface area contributed by atoms with Crippen molar-refractivity contribution in [1.82, 2.24) is 0 Å². The molecule has 0 aliphatic carbocycles. The Kier molecular flexibility index (Phi) is 5.92. The first-order chi connectivity index (χ1) is 12.7. The summed E-state index contributed by atoms with van der Waals surface area (Å²) >= 11 is 1.70. The van der Waals surface area contributed by atoms with E-state index >= 15 is 0 Å². The van der Waals surface area contributed by atoms with Crippen LogP contribution in [0.2, 0.25) is 0 Å². The Morgan fingerprint density at radius 2 is 1.54 bits per heavy atom. The summed E-state index contributed by atoms with van der Waals surface area (Å²) in [7, 11) is 0. The second-order valence-corrected chi connectivity index (χ2v) is 6.92. The highest BCUT2D eigenvalue weighted by Crippen LogP contribution is 2.37. The Balaban J connectivity index is 1.82. The van der Waals surface area contributed by atoms with Gasteiger partial charge in [0.15, 0.2) is 0 Å². The van der Waals surface area contributed by atoms with Crippen LogP contribution >= 0.6 is 11.8 Å². The van der Waals surface area contributed by atoms with Gasteiger partial charge < -0.3 is 4.74 Å². The number of hydrogen-bond donors (Lipinski definition) is 0. The van der Waals surface area contributed by atoms with E-state index in [1.165, 1.54) is 27.7 Å². The molecule has 2 nitrogen and oxygen atoms in total. The van der Waals surface area contributed by atoms with Gasteiger partial charge in [-0.1, -0.05) is 60.3 Å². The van der Waals surface area contributed by atoms with Crippen LogP contribution in [0.1, 0.15) is 12.5 Å². The Hall–Kier alpha value is -2.78. The summed E-state index contributed by atoms with van der Waals surface area (Å²) in [4.78, 5) is 13.8. The van der Waals surface area contributed by atoms with Gasteiger partial charge in [0.2, 0.25) is 0 Å². The van der Waals surface area contributed by atoms with Crippen LogP contribution < -0.4 is 4.74 Å². The van der Waals surface area contributed by atoms with Crippen molar-refractivity contribution >= 4 is 17.7 Å². The lowest BCUT2D eigenvalue weighted by Crippen LogP contribution is -2.03. The van der Waals surface area contributed by atoms with Gasteiger partial charge in [0.25, 0.3) is 0 Å². The predicted molar refractivity (Wildman–Crippen MR) is 108 cm³/mol. The van der Waals surface area contributed by atoms with Crippen molar-refractivity contribution in [3.8, 4) is 16.9 Å². The van der Waals surface area contributed by atoms with Crippen molar-refractivity contribution in [3.63, 3.8) is 0 Å². The summed E-state index contributed by atoms with van der Waals surface area (Å²) in [6.45, 7) is 3.91. The molecule has 0 aromatic heterocycles. The summed E-state index contributed by atoms with van der Waals surface area (Å²) in [5.74, 6) is 0.183. The summed E-state index contributed by atoms with van der Waals surface area (Å²) < 4.78 is 5.23.